The highest BCUT2D eigenvalue weighted by Gasteiger charge is 2.29. The number of carbonyl (C=O) groups excluding carboxylic acids is 2. The fourth-order valence-electron chi connectivity index (χ4n) is 2.64. The highest BCUT2D eigenvalue weighted by atomic mass is 16.2. The number of rotatable bonds is 3. The third kappa shape index (κ3) is 2.64. The molecule has 1 amide bonds. The zero-order chi connectivity index (χ0) is 15.5. The van der Waals surface area contributed by atoms with E-state index in [0.717, 1.165) is 5.69 Å². The molecule has 0 radical (unpaired) electrons. The van der Waals surface area contributed by atoms with Crippen LogP contribution < -0.4 is 4.90 Å². The first-order valence-corrected chi connectivity index (χ1v) is 7.15. The fraction of sp³-hybridized carbons (Fsp3) is 0.158. The Kier molecular flexibility index (Phi) is 3.76. The number of benzene rings is 2. The first-order chi connectivity index (χ1) is 10.7. The van der Waals surface area contributed by atoms with Crippen molar-refractivity contribution < 1.29 is 9.59 Å². The summed E-state index contributed by atoms with van der Waals surface area (Å²) in [6.45, 7) is 0.512. The number of hydrogen-bond acceptors (Lipinski definition) is 2. The van der Waals surface area contributed by atoms with Crippen LogP contribution in [0.15, 0.2) is 54.6 Å². The molecule has 0 saturated carbocycles. The van der Waals surface area contributed by atoms with Crippen LogP contribution in [0, 0.1) is 18.3 Å². The van der Waals surface area contributed by atoms with Gasteiger partial charge in [0, 0.05) is 35.7 Å². The molecule has 1 unspecified atom stereocenters. The Morgan fingerprint density at radius 3 is 2.50 bits per heavy atom. The molecule has 3 nitrogen and oxygen atoms in total. The van der Waals surface area contributed by atoms with Crippen molar-refractivity contribution in [1.29, 1.82) is 0 Å². The summed E-state index contributed by atoms with van der Waals surface area (Å²) < 4.78 is 0. The molecule has 0 spiro atoms. The standard InChI is InChI=1S/C19H15NO2/c1-2-14-11-18(21)20(13-14)17-10-6-9-16(12-17)19(22)15-7-4-3-5-8-15/h1,3-10,12,14H,11,13H2. The van der Waals surface area contributed by atoms with Gasteiger partial charge < -0.3 is 4.90 Å². The second kappa shape index (κ2) is 5.87. The van der Waals surface area contributed by atoms with Crippen LogP contribution in [-0.2, 0) is 4.79 Å². The molecule has 1 saturated heterocycles. The summed E-state index contributed by atoms with van der Waals surface area (Å²) in [4.78, 5) is 26.2. The normalized spacial score (nSPS) is 17.3. The van der Waals surface area contributed by atoms with Gasteiger partial charge in [0.25, 0.3) is 0 Å². The Morgan fingerprint density at radius 1 is 1.09 bits per heavy atom. The molecule has 22 heavy (non-hydrogen) atoms. The lowest BCUT2D eigenvalue weighted by Gasteiger charge is -2.16. The Morgan fingerprint density at radius 2 is 1.82 bits per heavy atom. The lowest BCUT2D eigenvalue weighted by Crippen LogP contribution is -2.24. The van der Waals surface area contributed by atoms with Gasteiger partial charge in [0.1, 0.15) is 0 Å². The van der Waals surface area contributed by atoms with E-state index in [-0.39, 0.29) is 17.6 Å². The van der Waals surface area contributed by atoms with Crippen LogP contribution in [0.25, 0.3) is 0 Å². The number of amides is 1. The van der Waals surface area contributed by atoms with Gasteiger partial charge in [-0.25, -0.2) is 0 Å². The Hall–Kier alpha value is -2.86. The van der Waals surface area contributed by atoms with E-state index in [0.29, 0.717) is 24.1 Å². The van der Waals surface area contributed by atoms with Gasteiger partial charge in [-0.15, -0.1) is 12.3 Å². The quantitative estimate of drug-likeness (QED) is 0.643. The number of nitrogens with zero attached hydrogens (tertiary/aromatic N) is 1. The summed E-state index contributed by atoms with van der Waals surface area (Å²) in [6, 6.07) is 16.2. The Labute approximate surface area is 129 Å². The van der Waals surface area contributed by atoms with Crippen molar-refractivity contribution in [1.82, 2.24) is 0 Å². The SMILES string of the molecule is C#CC1CC(=O)N(c2cccc(C(=O)c3ccccc3)c2)C1. The Balaban J connectivity index is 1.89. The number of terminal acetylenes is 1. The highest BCUT2D eigenvalue weighted by Crippen LogP contribution is 2.26. The van der Waals surface area contributed by atoms with Crippen molar-refractivity contribution in [2.45, 2.75) is 6.42 Å². The van der Waals surface area contributed by atoms with E-state index < -0.39 is 0 Å². The first-order valence-electron chi connectivity index (χ1n) is 7.15. The van der Waals surface area contributed by atoms with Crippen molar-refractivity contribution in [3.63, 3.8) is 0 Å². The summed E-state index contributed by atoms with van der Waals surface area (Å²) in [5, 5.41) is 0. The highest BCUT2D eigenvalue weighted by molar-refractivity contribution is 6.10. The lowest BCUT2D eigenvalue weighted by molar-refractivity contribution is -0.117. The number of carbonyl (C=O) groups is 2. The van der Waals surface area contributed by atoms with E-state index in [1.165, 1.54) is 0 Å². The van der Waals surface area contributed by atoms with Crippen molar-refractivity contribution in [3.05, 3.63) is 65.7 Å². The van der Waals surface area contributed by atoms with E-state index in [1.807, 2.05) is 24.3 Å². The largest absolute Gasteiger partial charge is 0.311 e. The van der Waals surface area contributed by atoms with Gasteiger partial charge >= 0.3 is 0 Å². The Bertz CT molecular complexity index is 759. The van der Waals surface area contributed by atoms with Crippen molar-refractivity contribution >= 4 is 17.4 Å². The molecule has 1 aliphatic heterocycles. The third-order valence-electron chi connectivity index (χ3n) is 3.82. The summed E-state index contributed by atoms with van der Waals surface area (Å²) >= 11 is 0. The van der Waals surface area contributed by atoms with E-state index in [2.05, 4.69) is 5.92 Å². The summed E-state index contributed by atoms with van der Waals surface area (Å²) in [5.74, 6) is 2.53. The second-order valence-corrected chi connectivity index (χ2v) is 5.32. The summed E-state index contributed by atoms with van der Waals surface area (Å²) in [6.07, 6.45) is 5.78. The second-order valence-electron chi connectivity index (χ2n) is 5.32. The molecule has 1 atom stereocenters. The third-order valence-corrected chi connectivity index (χ3v) is 3.82. The van der Waals surface area contributed by atoms with Crippen molar-refractivity contribution in [2.24, 2.45) is 5.92 Å². The molecule has 1 heterocycles. The number of anilines is 1. The average Bonchev–Trinajstić information content (AvgIpc) is 2.96. The van der Waals surface area contributed by atoms with Gasteiger partial charge in [0.15, 0.2) is 5.78 Å². The van der Waals surface area contributed by atoms with E-state index >= 15 is 0 Å². The monoisotopic (exact) mass is 289 g/mol. The van der Waals surface area contributed by atoms with Gasteiger partial charge in [0.05, 0.1) is 0 Å². The predicted octanol–water partition coefficient (Wildman–Crippen LogP) is 2.90. The van der Waals surface area contributed by atoms with Crippen LogP contribution in [0.2, 0.25) is 0 Å². The van der Waals surface area contributed by atoms with Crippen LogP contribution in [0.1, 0.15) is 22.3 Å². The molecule has 3 rings (SSSR count). The van der Waals surface area contributed by atoms with Crippen LogP contribution >= 0.6 is 0 Å². The molecule has 0 aromatic heterocycles. The zero-order valence-electron chi connectivity index (χ0n) is 12.0. The average molecular weight is 289 g/mol. The number of ketones is 1. The van der Waals surface area contributed by atoms with Gasteiger partial charge in [-0.05, 0) is 12.1 Å². The molecule has 108 valence electrons. The van der Waals surface area contributed by atoms with E-state index in [9.17, 15) is 9.59 Å². The topological polar surface area (TPSA) is 37.4 Å². The molecule has 0 aliphatic carbocycles. The fourth-order valence-corrected chi connectivity index (χ4v) is 2.64. The van der Waals surface area contributed by atoms with Gasteiger partial charge in [0.2, 0.25) is 5.91 Å². The molecule has 2 aromatic carbocycles. The van der Waals surface area contributed by atoms with Crippen molar-refractivity contribution in [2.75, 3.05) is 11.4 Å². The minimum absolute atomic E-state index is 0.00672. The maximum Gasteiger partial charge on any atom is 0.228 e. The van der Waals surface area contributed by atoms with Crippen LogP contribution in [0.3, 0.4) is 0 Å². The predicted molar refractivity (Wildman–Crippen MR) is 85.6 cm³/mol. The van der Waals surface area contributed by atoms with Crippen LogP contribution in [0.5, 0.6) is 0 Å². The van der Waals surface area contributed by atoms with Crippen molar-refractivity contribution in [3.8, 4) is 12.3 Å². The molecular formula is C19H15NO2. The minimum Gasteiger partial charge on any atom is -0.311 e. The molecule has 1 fully saturated rings. The van der Waals surface area contributed by atoms with E-state index in [1.54, 1.807) is 35.2 Å². The summed E-state index contributed by atoms with van der Waals surface area (Å²) in [7, 11) is 0. The lowest BCUT2D eigenvalue weighted by atomic mass is 10.0. The van der Waals surface area contributed by atoms with E-state index in [4.69, 9.17) is 6.42 Å². The van der Waals surface area contributed by atoms with Gasteiger partial charge in [-0.2, -0.15) is 0 Å². The molecule has 0 bridgehead atoms. The van der Waals surface area contributed by atoms with Crippen LogP contribution in [0.4, 0.5) is 5.69 Å². The first kappa shape index (κ1) is 14.1. The maximum atomic E-state index is 12.5. The molecule has 3 heteroatoms. The molecule has 1 aliphatic rings. The zero-order valence-corrected chi connectivity index (χ0v) is 12.0. The summed E-state index contributed by atoms with van der Waals surface area (Å²) in [5.41, 5.74) is 1.93. The smallest absolute Gasteiger partial charge is 0.228 e. The molecule has 0 N–H and O–H groups in total. The minimum atomic E-state index is -0.0546. The van der Waals surface area contributed by atoms with Crippen LogP contribution in [-0.4, -0.2) is 18.2 Å². The molecule has 2 aromatic rings. The van der Waals surface area contributed by atoms with Gasteiger partial charge in [-0.1, -0.05) is 42.5 Å². The van der Waals surface area contributed by atoms with Gasteiger partial charge in [-0.3, -0.25) is 9.59 Å². The maximum absolute atomic E-state index is 12.5. The number of hydrogen-bond donors (Lipinski definition) is 0. The molecular weight excluding hydrogens is 274 g/mol.